The molecule has 252 valence electrons. The minimum atomic E-state index is -1.88. The van der Waals surface area contributed by atoms with Crippen LogP contribution in [0, 0.1) is 0 Å². The molecule has 0 amide bonds. The van der Waals surface area contributed by atoms with E-state index in [2.05, 4.69) is 194 Å². The molecular formula is C49H41OP2+. The van der Waals surface area contributed by atoms with Gasteiger partial charge in [0, 0.05) is 12.3 Å². The predicted molar refractivity (Wildman–Crippen MR) is 225 cm³/mol. The summed E-state index contributed by atoms with van der Waals surface area (Å²) in [6.07, 6.45) is 15.0. The molecular weight excluding hydrogens is 666 g/mol. The molecule has 2 unspecified atom stereocenters. The fraction of sp³-hybridized carbons (Fsp3) is 0.102. The van der Waals surface area contributed by atoms with Crippen molar-refractivity contribution >= 4 is 47.8 Å². The Balaban J connectivity index is 0.991. The number of benzene rings is 6. The van der Waals surface area contributed by atoms with Crippen LogP contribution in [0.15, 0.2) is 205 Å². The van der Waals surface area contributed by atoms with Crippen LogP contribution in [0.5, 0.6) is 5.75 Å². The van der Waals surface area contributed by atoms with Crippen LogP contribution in [0.2, 0.25) is 0 Å². The van der Waals surface area contributed by atoms with Crippen molar-refractivity contribution in [2.24, 2.45) is 0 Å². The first-order valence-corrected chi connectivity index (χ1v) is 21.7. The van der Waals surface area contributed by atoms with E-state index in [4.69, 9.17) is 4.74 Å². The third kappa shape index (κ3) is 6.03. The van der Waals surface area contributed by atoms with E-state index in [0.29, 0.717) is 12.5 Å². The summed E-state index contributed by atoms with van der Waals surface area (Å²) in [6.45, 7) is 0.669. The molecule has 52 heavy (non-hydrogen) atoms. The van der Waals surface area contributed by atoms with Crippen molar-refractivity contribution in [1.82, 2.24) is 0 Å². The van der Waals surface area contributed by atoms with Crippen LogP contribution in [0.4, 0.5) is 0 Å². The maximum atomic E-state index is 6.54. The van der Waals surface area contributed by atoms with Gasteiger partial charge >= 0.3 is 0 Å². The minimum absolute atomic E-state index is 0.318. The smallest absolute Gasteiger partial charge is 0.119 e. The molecule has 3 aliphatic rings. The van der Waals surface area contributed by atoms with Crippen molar-refractivity contribution in [3.63, 3.8) is 0 Å². The Morgan fingerprint density at radius 3 is 1.79 bits per heavy atom. The molecule has 6 aromatic rings. The van der Waals surface area contributed by atoms with Gasteiger partial charge < -0.3 is 4.74 Å². The fourth-order valence-electron chi connectivity index (χ4n) is 8.37. The maximum Gasteiger partial charge on any atom is 0.119 e. The molecule has 0 heterocycles. The van der Waals surface area contributed by atoms with Gasteiger partial charge in [-0.05, 0) is 107 Å². The van der Waals surface area contributed by atoms with Gasteiger partial charge in [0.1, 0.15) is 28.9 Å². The van der Waals surface area contributed by atoms with Crippen molar-refractivity contribution < 1.29 is 4.74 Å². The quantitative estimate of drug-likeness (QED) is 0.0963. The second kappa shape index (κ2) is 14.5. The molecule has 6 aromatic carbocycles. The van der Waals surface area contributed by atoms with Gasteiger partial charge in [0.15, 0.2) is 0 Å². The third-order valence-corrected chi connectivity index (χ3v) is 17.8. The van der Waals surface area contributed by atoms with Gasteiger partial charge in [0.25, 0.3) is 0 Å². The zero-order valence-corrected chi connectivity index (χ0v) is 31.0. The zero-order chi connectivity index (χ0) is 34.7. The van der Waals surface area contributed by atoms with E-state index in [1.807, 2.05) is 0 Å². The highest BCUT2D eigenvalue weighted by Crippen LogP contribution is 2.57. The van der Waals surface area contributed by atoms with E-state index >= 15 is 0 Å². The van der Waals surface area contributed by atoms with Gasteiger partial charge in [-0.2, -0.15) is 0 Å². The van der Waals surface area contributed by atoms with Gasteiger partial charge in [-0.1, -0.05) is 146 Å². The predicted octanol–water partition coefficient (Wildman–Crippen LogP) is 10.00. The molecule has 0 aliphatic heterocycles. The minimum Gasteiger partial charge on any atom is -0.493 e. The lowest BCUT2D eigenvalue weighted by atomic mass is 9.71. The Hall–Kier alpha value is -5.06. The van der Waals surface area contributed by atoms with Gasteiger partial charge in [-0.25, -0.2) is 0 Å². The molecule has 0 saturated carbocycles. The van der Waals surface area contributed by atoms with Crippen molar-refractivity contribution in [2.45, 2.75) is 18.8 Å². The first-order valence-electron chi connectivity index (χ1n) is 18.3. The van der Waals surface area contributed by atoms with E-state index in [9.17, 15) is 0 Å². The highest BCUT2D eigenvalue weighted by molar-refractivity contribution is 7.95. The second-order valence-corrected chi connectivity index (χ2v) is 19.5. The molecule has 0 bridgehead atoms. The Kier molecular flexibility index (Phi) is 9.16. The lowest BCUT2D eigenvalue weighted by Gasteiger charge is -2.36. The molecule has 0 spiro atoms. The Labute approximate surface area is 309 Å². The largest absolute Gasteiger partial charge is 0.493 e. The first-order chi connectivity index (χ1) is 25.8. The van der Waals surface area contributed by atoms with Crippen LogP contribution >= 0.6 is 15.2 Å². The van der Waals surface area contributed by atoms with Gasteiger partial charge in [-0.15, -0.1) is 0 Å². The van der Waals surface area contributed by atoms with Crippen LogP contribution in [0.3, 0.4) is 0 Å². The molecule has 0 fully saturated rings. The standard InChI is InChI=1S/C49H41OP2/c1-5-17-41(18-6-1)51(47-34-28-39-26-25-37-15-13-16-38-27-33-46(47)49(39)48(37)38)42-31-29-40(30-32-42)50-35-14-36-52(43-19-7-2-8-20-43,44-21-9-3-10-22-44)45-23-11-4-12-24-45/h1-13,15-24,26-34,49H,14,25,35-36H2/q+1. The SMILES string of the molecule is C1=CC(P(c2ccccc2)c2ccc(OCCC[P+](c3ccccc3)(c3ccccc3)c3ccccc3)cc2)=C2C=Cc3cccc4c3C2C1=CC4. The van der Waals surface area contributed by atoms with Crippen molar-refractivity contribution in [2.75, 3.05) is 12.8 Å². The summed E-state index contributed by atoms with van der Waals surface area (Å²) in [4.78, 5) is 0. The fourth-order valence-corrected chi connectivity index (χ4v) is 15.1. The summed E-state index contributed by atoms with van der Waals surface area (Å²) in [5.41, 5.74) is 7.22. The summed E-state index contributed by atoms with van der Waals surface area (Å²) in [5.74, 6) is 1.25. The normalized spacial score (nSPS) is 16.2. The monoisotopic (exact) mass is 707 g/mol. The first kappa shape index (κ1) is 32.8. The number of ether oxygens (including phenoxy) is 1. The van der Waals surface area contributed by atoms with Crippen LogP contribution in [-0.2, 0) is 6.42 Å². The number of allylic oxidation sites excluding steroid dienone is 7. The highest BCUT2D eigenvalue weighted by atomic mass is 31.2. The Bertz CT molecular complexity index is 2210. The molecule has 0 N–H and O–H groups in total. The molecule has 2 atom stereocenters. The number of hydrogen-bond acceptors (Lipinski definition) is 1. The molecule has 9 rings (SSSR count). The van der Waals surface area contributed by atoms with E-state index in [-0.39, 0.29) is 0 Å². The molecule has 0 radical (unpaired) electrons. The second-order valence-electron chi connectivity index (χ2n) is 13.7. The van der Waals surface area contributed by atoms with Crippen LogP contribution in [-0.4, -0.2) is 12.8 Å². The average molecular weight is 708 g/mol. The molecule has 0 aromatic heterocycles. The van der Waals surface area contributed by atoms with E-state index in [0.717, 1.165) is 24.8 Å². The Morgan fingerprint density at radius 1 is 0.558 bits per heavy atom. The van der Waals surface area contributed by atoms with Crippen LogP contribution in [0.1, 0.15) is 29.0 Å². The van der Waals surface area contributed by atoms with Crippen LogP contribution in [0.25, 0.3) is 6.08 Å². The summed E-state index contributed by atoms with van der Waals surface area (Å²) < 4.78 is 6.54. The van der Waals surface area contributed by atoms with Crippen LogP contribution < -0.4 is 31.3 Å². The lowest BCUT2D eigenvalue weighted by Crippen LogP contribution is -2.33. The van der Waals surface area contributed by atoms with Crippen molar-refractivity contribution in [1.29, 1.82) is 0 Å². The molecule has 3 aliphatic carbocycles. The van der Waals surface area contributed by atoms with Crippen molar-refractivity contribution in [3.05, 3.63) is 221 Å². The van der Waals surface area contributed by atoms with E-state index in [1.165, 1.54) is 59.7 Å². The van der Waals surface area contributed by atoms with Gasteiger partial charge in [0.05, 0.1) is 12.8 Å². The van der Waals surface area contributed by atoms with E-state index < -0.39 is 15.2 Å². The van der Waals surface area contributed by atoms with E-state index in [1.54, 1.807) is 0 Å². The summed E-state index contributed by atoms with van der Waals surface area (Å²) in [6, 6.07) is 60.3. The zero-order valence-electron chi connectivity index (χ0n) is 29.2. The number of rotatable bonds is 11. The molecule has 3 heteroatoms. The summed E-state index contributed by atoms with van der Waals surface area (Å²) >= 11 is 0. The third-order valence-electron chi connectivity index (χ3n) is 10.7. The summed E-state index contributed by atoms with van der Waals surface area (Å²) in [5, 5.41) is 8.42. The Morgan fingerprint density at radius 2 is 1.15 bits per heavy atom. The average Bonchev–Trinajstić information content (AvgIpc) is 3.22. The topological polar surface area (TPSA) is 9.23 Å². The molecule has 1 nitrogen and oxygen atoms in total. The lowest BCUT2D eigenvalue weighted by molar-refractivity contribution is 0.318. The van der Waals surface area contributed by atoms with Gasteiger partial charge in [0.2, 0.25) is 0 Å². The maximum absolute atomic E-state index is 6.54. The number of hydrogen-bond donors (Lipinski definition) is 0. The molecule has 0 saturated heterocycles. The van der Waals surface area contributed by atoms with Crippen molar-refractivity contribution in [3.8, 4) is 5.75 Å². The highest BCUT2D eigenvalue weighted by Gasteiger charge is 2.44. The summed E-state index contributed by atoms with van der Waals surface area (Å²) in [7, 11) is -2.64. The van der Waals surface area contributed by atoms with Gasteiger partial charge in [-0.3, -0.25) is 0 Å².